The molecule has 1 aliphatic heterocycles. The molecule has 6 heteroatoms. The number of nitrogens with one attached hydrogen (secondary N) is 1. The highest BCUT2D eigenvalue weighted by atomic mass is 16.5. The highest BCUT2D eigenvalue weighted by Gasteiger charge is 2.21. The van der Waals surface area contributed by atoms with Gasteiger partial charge in [0.15, 0.2) is 0 Å². The van der Waals surface area contributed by atoms with Crippen molar-refractivity contribution < 1.29 is 14.3 Å². The van der Waals surface area contributed by atoms with Crippen LogP contribution in [0.1, 0.15) is 21.5 Å². The first kappa shape index (κ1) is 18.9. The van der Waals surface area contributed by atoms with E-state index in [9.17, 15) is 9.59 Å². The van der Waals surface area contributed by atoms with Gasteiger partial charge in [0.05, 0.1) is 12.7 Å². The zero-order valence-electron chi connectivity index (χ0n) is 15.8. The number of amides is 2. The Kier molecular flexibility index (Phi) is 6.08. The number of methoxy groups -OCH3 is 1. The smallest absolute Gasteiger partial charge is 0.337 e. The summed E-state index contributed by atoms with van der Waals surface area (Å²) >= 11 is 0. The van der Waals surface area contributed by atoms with Crippen molar-refractivity contribution in [2.45, 2.75) is 13.5 Å². The number of carbonyl (C=O) groups is 2. The number of ether oxygens (including phenoxy) is 1. The molecule has 2 aromatic rings. The summed E-state index contributed by atoms with van der Waals surface area (Å²) in [5, 5.41) is 2.89. The summed E-state index contributed by atoms with van der Waals surface area (Å²) in [6.45, 7) is 6.13. The number of anilines is 1. The number of rotatable bonds is 4. The molecule has 1 N–H and O–H groups in total. The van der Waals surface area contributed by atoms with Crippen molar-refractivity contribution in [3.05, 3.63) is 65.2 Å². The van der Waals surface area contributed by atoms with Gasteiger partial charge < -0.3 is 15.0 Å². The van der Waals surface area contributed by atoms with Gasteiger partial charge in [0.2, 0.25) is 0 Å². The molecule has 0 atom stereocenters. The van der Waals surface area contributed by atoms with Crippen molar-refractivity contribution in [1.82, 2.24) is 9.80 Å². The number of hydrogen-bond donors (Lipinski definition) is 1. The lowest BCUT2D eigenvalue weighted by molar-refractivity contribution is 0.0600. The van der Waals surface area contributed by atoms with E-state index in [1.165, 1.54) is 18.2 Å². The number of benzene rings is 2. The molecule has 0 radical (unpaired) electrons. The first-order chi connectivity index (χ1) is 13.1. The Bertz CT molecular complexity index is 797. The molecule has 0 spiro atoms. The quantitative estimate of drug-likeness (QED) is 0.844. The average Bonchev–Trinajstić information content (AvgIpc) is 2.70. The van der Waals surface area contributed by atoms with Gasteiger partial charge in [-0.15, -0.1) is 0 Å². The molecule has 3 rings (SSSR count). The van der Waals surface area contributed by atoms with Crippen molar-refractivity contribution in [3.63, 3.8) is 0 Å². The van der Waals surface area contributed by atoms with Crippen LogP contribution in [0.15, 0.2) is 48.5 Å². The molecule has 27 heavy (non-hydrogen) atoms. The van der Waals surface area contributed by atoms with Crippen LogP contribution in [0.2, 0.25) is 0 Å². The second-order valence-corrected chi connectivity index (χ2v) is 6.69. The van der Waals surface area contributed by atoms with Crippen LogP contribution < -0.4 is 5.32 Å². The summed E-state index contributed by atoms with van der Waals surface area (Å²) in [5.74, 6) is -0.391. The Morgan fingerprint density at radius 2 is 1.67 bits per heavy atom. The van der Waals surface area contributed by atoms with Crippen LogP contribution in [0.25, 0.3) is 0 Å². The van der Waals surface area contributed by atoms with E-state index in [2.05, 4.69) is 46.1 Å². The third-order valence-corrected chi connectivity index (χ3v) is 4.87. The van der Waals surface area contributed by atoms with Gasteiger partial charge in [0.25, 0.3) is 0 Å². The summed E-state index contributed by atoms with van der Waals surface area (Å²) in [5.41, 5.74) is 3.75. The number of urea groups is 1. The highest BCUT2D eigenvalue weighted by Crippen LogP contribution is 2.14. The summed E-state index contributed by atoms with van der Waals surface area (Å²) in [7, 11) is 1.34. The Morgan fingerprint density at radius 1 is 1.00 bits per heavy atom. The van der Waals surface area contributed by atoms with Crippen LogP contribution in [-0.2, 0) is 11.3 Å². The molecular weight excluding hydrogens is 342 g/mol. The fourth-order valence-electron chi connectivity index (χ4n) is 3.15. The van der Waals surface area contributed by atoms with Gasteiger partial charge >= 0.3 is 12.0 Å². The van der Waals surface area contributed by atoms with Crippen molar-refractivity contribution in [2.75, 3.05) is 38.6 Å². The number of hydrogen-bond acceptors (Lipinski definition) is 4. The molecule has 1 aliphatic rings. The van der Waals surface area contributed by atoms with Gasteiger partial charge in [-0.3, -0.25) is 4.90 Å². The van der Waals surface area contributed by atoms with Gasteiger partial charge in [0, 0.05) is 38.4 Å². The Balaban J connectivity index is 1.50. The molecule has 1 heterocycles. The molecule has 2 amide bonds. The largest absolute Gasteiger partial charge is 0.465 e. The summed E-state index contributed by atoms with van der Waals surface area (Å²) in [6.07, 6.45) is 0. The second-order valence-electron chi connectivity index (χ2n) is 6.69. The van der Waals surface area contributed by atoms with E-state index < -0.39 is 5.97 Å². The minimum Gasteiger partial charge on any atom is -0.465 e. The monoisotopic (exact) mass is 367 g/mol. The van der Waals surface area contributed by atoms with Gasteiger partial charge in [0.1, 0.15) is 0 Å². The van der Waals surface area contributed by atoms with Gasteiger partial charge in [-0.25, -0.2) is 9.59 Å². The number of esters is 1. The lowest BCUT2D eigenvalue weighted by Gasteiger charge is -2.35. The maximum absolute atomic E-state index is 12.5. The summed E-state index contributed by atoms with van der Waals surface area (Å²) in [6, 6.07) is 15.0. The van der Waals surface area contributed by atoms with Crippen molar-refractivity contribution in [3.8, 4) is 0 Å². The van der Waals surface area contributed by atoms with E-state index in [1.807, 2.05) is 4.90 Å². The molecule has 0 saturated carbocycles. The van der Waals surface area contributed by atoms with Crippen LogP contribution in [0.4, 0.5) is 10.5 Å². The topological polar surface area (TPSA) is 61.9 Å². The first-order valence-electron chi connectivity index (χ1n) is 9.08. The normalized spacial score (nSPS) is 14.7. The molecule has 1 fully saturated rings. The van der Waals surface area contributed by atoms with E-state index in [4.69, 9.17) is 0 Å². The minimum absolute atomic E-state index is 0.114. The van der Waals surface area contributed by atoms with Crippen LogP contribution in [0.5, 0.6) is 0 Å². The summed E-state index contributed by atoms with van der Waals surface area (Å²) in [4.78, 5) is 28.1. The number of carbonyl (C=O) groups excluding carboxylic acids is 2. The van der Waals surface area contributed by atoms with Gasteiger partial charge in [-0.2, -0.15) is 0 Å². The zero-order valence-corrected chi connectivity index (χ0v) is 15.8. The Labute approximate surface area is 159 Å². The summed E-state index contributed by atoms with van der Waals surface area (Å²) < 4.78 is 4.67. The van der Waals surface area contributed by atoms with Crippen LogP contribution >= 0.6 is 0 Å². The van der Waals surface area contributed by atoms with E-state index in [1.54, 1.807) is 24.3 Å². The average molecular weight is 367 g/mol. The van der Waals surface area contributed by atoms with E-state index >= 15 is 0 Å². The molecule has 0 unspecified atom stereocenters. The molecule has 2 aromatic carbocycles. The zero-order chi connectivity index (χ0) is 19.2. The fraction of sp³-hybridized carbons (Fsp3) is 0.333. The Morgan fingerprint density at radius 3 is 2.30 bits per heavy atom. The lowest BCUT2D eigenvalue weighted by atomic mass is 10.1. The number of piperazine rings is 1. The molecular formula is C21H25N3O3. The Hall–Kier alpha value is -2.86. The number of nitrogens with zero attached hydrogens (tertiary/aromatic N) is 2. The molecule has 1 saturated heterocycles. The maximum atomic E-state index is 12.5. The van der Waals surface area contributed by atoms with Crippen LogP contribution in [0.3, 0.4) is 0 Å². The maximum Gasteiger partial charge on any atom is 0.337 e. The van der Waals surface area contributed by atoms with Gasteiger partial charge in [-0.05, 0) is 42.3 Å². The number of aryl methyl sites for hydroxylation is 1. The predicted octanol–water partition coefficient (Wildman–Crippen LogP) is 3.13. The minimum atomic E-state index is -0.391. The van der Waals surface area contributed by atoms with E-state index in [0.29, 0.717) is 24.3 Å². The first-order valence-corrected chi connectivity index (χ1v) is 9.08. The SMILES string of the molecule is COC(=O)c1ccc(NC(=O)N2CCN(Cc3ccccc3C)CC2)cc1. The predicted molar refractivity (Wildman–Crippen MR) is 105 cm³/mol. The molecule has 0 bridgehead atoms. The van der Waals surface area contributed by atoms with Crippen molar-refractivity contribution in [1.29, 1.82) is 0 Å². The second kappa shape index (κ2) is 8.68. The highest BCUT2D eigenvalue weighted by molar-refractivity contribution is 5.92. The van der Waals surface area contributed by atoms with Crippen molar-refractivity contribution in [2.24, 2.45) is 0 Å². The fourth-order valence-corrected chi connectivity index (χ4v) is 3.15. The van der Waals surface area contributed by atoms with Gasteiger partial charge in [-0.1, -0.05) is 24.3 Å². The standard InChI is InChI=1S/C21H25N3O3/c1-16-5-3-4-6-18(16)15-23-11-13-24(14-12-23)21(26)22-19-9-7-17(8-10-19)20(25)27-2/h3-10H,11-15H2,1-2H3,(H,22,26). The lowest BCUT2D eigenvalue weighted by Crippen LogP contribution is -2.49. The molecule has 6 nitrogen and oxygen atoms in total. The third kappa shape index (κ3) is 4.86. The molecule has 0 aliphatic carbocycles. The molecule has 142 valence electrons. The van der Waals surface area contributed by atoms with Crippen molar-refractivity contribution >= 4 is 17.7 Å². The van der Waals surface area contributed by atoms with E-state index in [0.717, 1.165) is 19.6 Å². The van der Waals surface area contributed by atoms with E-state index in [-0.39, 0.29) is 6.03 Å². The molecule has 0 aromatic heterocycles. The van der Waals surface area contributed by atoms with Crippen LogP contribution in [-0.4, -0.2) is 55.1 Å². The third-order valence-electron chi connectivity index (χ3n) is 4.87. The van der Waals surface area contributed by atoms with Crippen LogP contribution in [0, 0.1) is 6.92 Å².